The molecule has 0 aromatic heterocycles. The number of amides is 1. The van der Waals surface area contributed by atoms with Gasteiger partial charge in [0.2, 0.25) is 5.91 Å². The minimum atomic E-state index is 0.196. The average molecular weight is 240 g/mol. The Morgan fingerprint density at radius 1 is 1.35 bits per heavy atom. The number of piperidine rings is 1. The standard InChI is InChI=1S/C14H28N2O/c1-11(2)9-13(17)16-10-14(3,4)12-5-7-15-8-6-12/h11-12,15H,5-10H2,1-4H3,(H,16,17). The second kappa shape index (κ2) is 6.39. The molecule has 1 aliphatic rings. The summed E-state index contributed by atoms with van der Waals surface area (Å²) in [4.78, 5) is 11.7. The Bertz CT molecular complexity index is 243. The fourth-order valence-electron chi connectivity index (χ4n) is 2.52. The Kier molecular flexibility index (Phi) is 5.44. The molecule has 1 heterocycles. The molecule has 0 aromatic carbocycles. The van der Waals surface area contributed by atoms with Crippen LogP contribution >= 0.6 is 0 Å². The quantitative estimate of drug-likeness (QED) is 0.773. The minimum absolute atomic E-state index is 0.196. The fraction of sp³-hybridized carbons (Fsp3) is 0.929. The van der Waals surface area contributed by atoms with Crippen molar-refractivity contribution in [3.63, 3.8) is 0 Å². The SMILES string of the molecule is CC(C)CC(=O)NCC(C)(C)C1CCNCC1. The van der Waals surface area contributed by atoms with Crippen LogP contribution in [-0.4, -0.2) is 25.5 Å². The van der Waals surface area contributed by atoms with Gasteiger partial charge in [-0.1, -0.05) is 27.7 Å². The van der Waals surface area contributed by atoms with Crippen LogP contribution in [0.1, 0.15) is 47.0 Å². The van der Waals surface area contributed by atoms with Crippen molar-refractivity contribution in [2.75, 3.05) is 19.6 Å². The molecule has 17 heavy (non-hydrogen) atoms. The molecule has 0 aliphatic carbocycles. The van der Waals surface area contributed by atoms with Crippen LogP contribution in [0.3, 0.4) is 0 Å². The van der Waals surface area contributed by atoms with E-state index in [0.717, 1.165) is 25.6 Å². The summed E-state index contributed by atoms with van der Waals surface area (Å²) in [7, 11) is 0. The highest BCUT2D eigenvalue weighted by Crippen LogP contribution is 2.32. The Hall–Kier alpha value is -0.570. The molecule has 0 aromatic rings. The van der Waals surface area contributed by atoms with E-state index in [-0.39, 0.29) is 11.3 Å². The molecular formula is C14H28N2O. The molecule has 2 N–H and O–H groups in total. The van der Waals surface area contributed by atoms with Crippen LogP contribution in [-0.2, 0) is 4.79 Å². The van der Waals surface area contributed by atoms with E-state index in [1.165, 1.54) is 12.8 Å². The number of hydrogen-bond acceptors (Lipinski definition) is 2. The van der Waals surface area contributed by atoms with Crippen molar-refractivity contribution >= 4 is 5.91 Å². The lowest BCUT2D eigenvalue weighted by atomic mass is 9.74. The lowest BCUT2D eigenvalue weighted by Crippen LogP contribution is -2.42. The summed E-state index contributed by atoms with van der Waals surface area (Å²) in [6, 6.07) is 0. The van der Waals surface area contributed by atoms with Gasteiger partial charge in [0.1, 0.15) is 0 Å². The van der Waals surface area contributed by atoms with Crippen LogP contribution in [0.5, 0.6) is 0 Å². The third-order valence-electron chi connectivity index (χ3n) is 3.78. The van der Waals surface area contributed by atoms with Gasteiger partial charge in [-0.25, -0.2) is 0 Å². The average Bonchev–Trinajstić information content (AvgIpc) is 2.27. The van der Waals surface area contributed by atoms with Crippen LogP contribution < -0.4 is 10.6 Å². The van der Waals surface area contributed by atoms with Gasteiger partial charge < -0.3 is 10.6 Å². The smallest absolute Gasteiger partial charge is 0.220 e. The lowest BCUT2D eigenvalue weighted by Gasteiger charge is -2.37. The molecule has 0 spiro atoms. The van der Waals surface area contributed by atoms with Gasteiger partial charge in [0, 0.05) is 13.0 Å². The maximum atomic E-state index is 11.7. The summed E-state index contributed by atoms with van der Waals surface area (Å²) in [5.74, 6) is 1.36. The van der Waals surface area contributed by atoms with Gasteiger partial charge in [-0.05, 0) is 43.2 Å². The summed E-state index contributed by atoms with van der Waals surface area (Å²) < 4.78 is 0. The number of carbonyl (C=O) groups is 1. The Labute approximate surface area is 106 Å². The van der Waals surface area contributed by atoms with E-state index in [1.807, 2.05) is 0 Å². The van der Waals surface area contributed by atoms with Gasteiger partial charge in [-0.3, -0.25) is 4.79 Å². The van der Waals surface area contributed by atoms with Crippen molar-refractivity contribution in [3.8, 4) is 0 Å². The van der Waals surface area contributed by atoms with Crippen molar-refractivity contribution in [1.29, 1.82) is 0 Å². The Morgan fingerprint density at radius 2 is 1.94 bits per heavy atom. The van der Waals surface area contributed by atoms with Gasteiger partial charge in [-0.2, -0.15) is 0 Å². The monoisotopic (exact) mass is 240 g/mol. The van der Waals surface area contributed by atoms with Gasteiger partial charge in [0.25, 0.3) is 0 Å². The molecule has 3 nitrogen and oxygen atoms in total. The lowest BCUT2D eigenvalue weighted by molar-refractivity contribution is -0.122. The van der Waals surface area contributed by atoms with E-state index in [4.69, 9.17) is 0 Å². The van der Waals surface area contributed by atoms with Crippen molar-refractivity contribution < 1.29 is 4.79 Å². The van der Waals surface area contributed by atoms with E-state index in [0.29, 0.717) is 12.3 Å². The van der Waals surface area contributed by atoms with Crippen LogP contribution in [0, 0.1) is 17.3 Å². The molecule has 1 aliphatic heterocycles. The number of carbonyl (C=O) groups excluding carboxylic acids is 1. The first kappa shape index (κ1) is 14.5. The van der Waals surface area contributed by atoms with E-state index >= 15 is 0 Å². The van der Waals surface area contributed by atoms with Crippen LogP contribution in [0.25, 0.3) is 0 Å². The molecule has 1 rings (SSSR count). The third-order valence-corrected chi connectivity index (χ3v) is 3.78. The molecule has 0 bridgehead atoms. The van der Waals surface area contributed by atoms with Gasteiger partial charge >= 0.3 is 0 Å². The van der Waals surface area contributed by atoms with Gasteiger partial charge in [-0.15, -0.1) is 0 Å². The fourth-order valence-corrected chi connectivity index (χ4v) is 2.52. The summed E-state index contributed by atoms with van der Waals surface area (Å²) >= 11 is 0. The van der Waals surface area contributed by atoms with Crippen LogP contribution in [0.15, 0.2) is 0 Å². The maximum absolute atomic E-state index is 11.7. The first-order chi connectivity index (χ1) is 7.92. The number of hydrogen-bond donors (Lipinski definition) is 2. The highest BCUT2D eigenvalue weighted by Gasteiger charge is 2.30. The number of nitrogens with one attached hydrogen (secondary N) is 2. The van der Waals surface area contributed by atoms with E-state index in [9.17, 15) is 4.79 Å². The zero-order valence-electron chi connectivity index (χ0n) is 11.8. The molecule has 0 radical (unpaired) electrons. The summed E-state index contributed by atoms with van der Waals surface area (Å²) in [6.45, 7) is 11.8. The Balaban J connectivity index is 2.35. The summed E-state index contributed by atoms with van der Waals surface area (Å²) in [5, 5.41) is 6.48. The largest absolute Gasteiger partial charge is 0.356 e. The minimum Gasteiger partial charge on any atom is -0.356 e. The topological polar surface area (TPSA) is 41.1 Å². The first-order valence-corrected chi connectivity index (χ1v) is 6.89. The van der Waals surface area contributed by atoms with Gasteiger partial charge in [0.05, 0.1) is 0 Å². The second-order valence-electron chi connectivity index (χ2n) is 6.39. The first-order valence-electron chi connectivity index (χ1n) is 6.89. The maximum Gasteiger partial charge on any atom is 0.220 e. The zero-order chi connectivity index (χ0) is 12.9. The predicted octanol–water partition coefficient (Wildman–Crippen LogP) is 2.17. The molecule has 1 amide bonds. The summed E-state index contributed by atoms with van der Waals surface area (Å²) in [6.07, 6.45) is 3.10. The van der Waals surface area contributed by atoms with Crippen molar-refractivity contribution in [2.45, 2.75) is 47.0 Å². The molecule has 1 saturated heterocycles. The molecule has 3 heteroatoms. The van der Waals surface area contributed by atoms with E-state index in [1.54, 1.807) is 0 Å². The third kappa shape index (κ3) is 5.07. The van der Waals surface area contributed by atoms with Crippen molar-refractivity contribution in [1.82, 2.24) is 10.6 Å². The molecule has 0 unspecified atom stereocenters. The molecule has 0 saturated carbocycles. The predicted molar refractivity (Wildman–Crippen MR) is 71.8 cm³/mol. The van der Waals surface area contributed by atoms with Crippen LogP contribution in [0.2, 0.25) is 0 Å². The molecule has 100 valence electrons. The number of rotatable bonds is 5. The van der Waals surface area contributed by atoms with Gasteiger partial charge in [0.15, 0.2) is 0 Å². The van der Waals surface area contributed by atoms with E-state index < -0.39 is 0 Å². The molecule has 0 atom stereocenters. The van der Waals surface area contributed by atoms with Crippen LogP contribution in [0.4, 0.5) is 0 Å². The highest BCUT2D eigenvalue weighted by molar-refractivity contribution is 5.76. The van der Waals surface area contributed by atoms with Crippen molar-refractivity contribution in [3.05, 3.63) is 0 Å². The molecule has 1 fully saturated rings. The molecular weight excluding hydrogens is 212 g/mol. The highest BCUT2D eigenvalue weighted by atomic mass is 16.1. The normalized spacial score (nSPS) is 18.4. The van der Waals surface area contributed by atoms with E-state index in [2.05, 4.69) is 38.3 Å². The second-order valence-corrected chi connectivity index (χ2v) is 6.39. The Morgan fingerprint density at radius 3 is 2.47 bits per heavy atom. The summed E-state index contributed by atoms with van der Waals surface area (Å²) in [5.41, 5.74) is 0.217. The zero-order valence-corrected chi connectivity index (χ0v) is 11.8. The van der Waals surface area contributed by atoms with Crippen molar-refractivity contribution in [2.24, 2.45) is 17.3 Å².